The monoisotopic (exact) mass is 276 g/mol. The van der Waals surface area contributed by atoms with E-state index in [2.05, 4.69) is 35.0 Å². The highest BCUT2D eigenvalue weighted by molar-refractivity contribution is 6.31. The summed E-state index contributed by atoms with van der Waals surface area (Å²) in [6.07, 6.45) is 5.42. The number of hydrogen-bond donors (Lipinski definition) is 1. The van der Waals surface area contributed by atoms with Gasteiger partial charge in [-0.3, -0.25) is 0 Å². The summed E-state index contributed by atoms with van der Waals surface area (Å²) < 4.78 is 2.38. The van der Waals surface area contributed by atoms with Gasteiger partial charge in [-0.05, 0) is 44.0 Å². The number of fused-ring (bicyclic) bond motifs is 1. The Hall–Kier alpha value is -0.990. The van der Waals surface area contributed by atoms with Crippen molar-refractivity contribution < 1.29 is 0 Å². The fourth-order valence-electron chi connectivity index (χ4n) is 3.20. The van der Waals surface area contributed by atoms with Crippen molar-refractivity contribution in [2.45, 2.75) is 51.7 Å². The largest absolute Gasteiger partial charge is 0.344 e. The van der Waals surface area contributed by atoms with Gasteiger partial charge in [0.05, 0.1) is 0 Å². The Kier molecular flexibility index (Phi) is 3.81. The van der Waals surface area contributed by atoms with E-state index in [0.717, 1.165) is 18.1 Å². The molecule has 1 aliphatic rings. The highest BCUT2D eigenvalue weighted by Crippen LogP contribution is 2.24. The van der Waals surface area contributed by atoms with Crippen LogP contribution in [0.15, 0.2) is 24.3 Å². The molecule has 1 aromatic heterocycles. The summed E-state index contributed by atoms with van der Waals surface area (Å²) in [4.78, 5) is 0. The van der Waals surface area contributed by atoms with Gasteiger partial charge < -0.3 is 9.88 Å². The maximum Gasteiger partial charge on any atom is 0.0483 e. The first-order valence-corrected chi connectivity index (χ1v) is 7.67. The van der Waals surface area contributed by atoms with Crippen LogP contribution in [0.3, 0.4) is 0 Å². The molecule has 1 heterocycles. The number of aryl methyl sites for hydroxylation is 1. The van der Waals surface area contributed by atoms with Crippen molar-refractivity contribution in [1.82, 2.24) is 9.88 Å². The lowest BCUT2D eigenvalue weighted by atomic mass is 10.2. The van der Waals surface area contributed by atoms with E-state index in [9.17, 15) is 0 Å². The minimum Gasteiger partial charge on any atom is -0.344 e. The Morgan fingerprint density at radius 3 is 2.79 bits per heavy atom. The fourth-order valence-corrected chi connectivity index (χ4v) is 3.38. The molecule has 1 saturated carbocycles. The van der Waals surface area contributed by atoms with Crippen molar-refractivity contribution in [1.29, 1.82) is 0 Å². The van der Waals surface area contributed by atoms with E-state index in [1.807, 2.05) is 6.07 Å². The van der Waals surface area contributed by atoms with Crippen LogP contribution in [0.1, 0.15) is 38.3 Å². The van der Waals surface area contributed by atoms with Crippen LogP contribution in [-0.4, -0.2) is 10.6 Å². The molecule has 3 heteroatoms. The van der Waals surface area contributed by atoms with Crippen LogP contribution >= 0.6 is 11.6 Å². The topological polar surface area (TPSA) is 17.0 Å². The molecule has 1 aliphatic carbocycles. The number of aromatic nitrogens is 1. The summed E-state index contributed by atoms with van der Waals surface area (Å²) in [7, 11) is 0. The molecule has 2 nitrogen and oxygen atoms in total. The number of nitrogens with one attached hydrogen (secondary N) is 1. The van der Waals surface area contributed by atoms with Crippen molar-refractivity contribution in [3.63, 3.8) is 0 Å². The SMILES string of the molecule is CCn1c(CNC2CCCC2)cc2cc(Cl)ccc21. The van der Waals surface area contributed by atoms with Gasteiger partial charge in [0.2, 0.25) is 0 Å². The van der Waals surface area contributed by atoms with E-state index in [1.165, 1.54) is 42.3 Å². The summed E-state index contributed by atoms with van der Waals surface area (Å²) in [5.74, 6) is 0. The highest BCUT2D eigenvalue weighted by atomic mass is 35.5. The average Bonchev–Trinajstić information content (AvgIpc) is 3.02. The van der Waals surface area contributed by atoms with Crippen molar-refractivity contribution >= 4 is 22.5 Å². The third-order valence-corrected chi connectivity index (χ3v) is 4.43. The van der Waals surface area contributed by atoms with Gasteiger partial charge in [0.15, 0.2) is 0 Å². The van der Waals surface area contributed by atoms with Crippen molar-refractivity contribution in [3.05, 3.63) is 35.0 Å². The first-order chi connectivity index (χ1) is 9.28. The Balaban J connectivity index is 1.84. The van der Waals surface area contributed by atoms with Gasteiger partial charge in [-0.1, -0.05) is 24.4 Å². The van der Waals surface area contributed by atoms with Gasteiger partial charge in [-0.2, -0.15) is 0 Å². The minimum atomic E-state index is 0.715. The zero-order chi connectivity index (χ0) is 13.2. The predicted octanol–water partition coefficient (Wildman–Crippen LogP) is 4.35. The van der Waals surface area contributed by atoms with Gasteiger partial charge in [0, 0.05) is 40.8 Å². The second-order valence-corrected chi connectivity index (χ2v) is 5.88. The molecule has 0 unspecified atom stereocenters. The molecule has 19 heavy (non-hydrogen) atoms. The second-order valence-electron chi connectivity index (χ2n) is 5.45. The number of halogens is 1. The van der Waals surface area contributed by atoms with Crippen molar-refractivity contribution in [2.75, 3.05) is 0 Å². The first kappa shape index (κ1) is 13.0. The molecule has 2 aromatic rings. The molecule has 0 atom stereocenters. The molecule has 1 fully saturated rings. The number of benzene rings is 1. The summed E-state index contributed by atoms with van der Waals surface area (Å²) in [5, 5.41) is 5.76. The van der Waals surface area contributed by atoms with Gasteiger partial charge in [0.1, 0.15) is 0 Å². The van der Waals surface area contributed by atoms with Crippen LogP contribution in [0.25, 0.3) is 10.9 Å². The standard InChI is InChI=1S/C16H21ClN2/c1-2-19-15(11-18-14-5-3-4-6-14)10-12-9-13(17)7-8-16(12)19/h7-10,14,18H,2-6,11H2,1H3. The van der Waals surface area contributed by atoms with Crippen molar-refractivity contribution in [3.8, 4) is 0 Å². The molecule has 3 rings (SSSR count). The lowest BCUT2D eigenvalue weighted by Crippen LogP contribution is -2.26. The maximum absolute atomic E-state index is 6.08. The Labute approximate surface area is 119 Å². The third-order valence-electron chi connectivity index (χ3n) is 4.19. The number of nitrogens with zero attached hydrogens (tertiary/aromatic N) is 1. The van der Waals surface area contributed by atoms with E-state index in [1.54, 1.807) is 0 Å². The zero-order valence-corrected chi connectivity index (χ0v) is 12.2. The lowest BCUT2D eigenvalue weighted by Gasteiger charge is -2.13. The molecule has 0 amide bonds. The van der Waals surface area contributed by atoms with Crippen LogP contribution < -0.4 is 5.32 Å². The number of rotatable bonds is 4. The molecule has 0 aliphatic heterocycles. The molecule has 102 valence electrons. The van der Waals surface area contributed by atoms with Crippen LogP contribution in [0.4, 0.5) is 0 Å². The van der Waals surface area contributed by atoms with E-state index in [0.29, 0.717) is 6.04 Å². The van der Waals surface area contributed by atoms with E-state index >= 15 is 0 Å². The van der Waals surface area contributed by atoms with E-state index in [-0.39, 0.29) is 0 Å². The Morgan fingerprint density at radius 1 is 1.26 bits per heavy atom. The summed E-state index contributed by atoms with van der Waals surface area (Å²) in [5.41, 5.74) is 2.65. The highest BCUT2D eigenvalue weighted by Gasteiger charge is 2.15. The van der Waals surface area contributed by atoms with Crippen LogP contribution in [0.5, 0.6) is 0 Å². The quantitative estimate of drug-likeness (QED) is 0.879. The first-order valence-electron chi connectivity index (χ1n) is 7.29. The molecular formula is C16H21ClN2. The van der Waals surface area contributed by atoms with Crippen LogP contribution in [0.2, 0.25) is 5.02 Å². The molecule has 0 spiro atoms. The zero-order valence-electron chi connectivity index (χ0n) is 11.5. The molecular weight excluding hydrogens is 256 g/mol. The number of hydrogen-bond acceptors (Lipinski definition) is 1. The molecule has 1 aromatic carbocycles. The average molecular weight is 277 g/mol. The summed E-state index contributed by atoms with van der Waals surface area (Å²) in [6, 6.07) is 9.14. The molecule has 0 bridgehead atoms. The lowest BCUT2D eigenvalue weighted by molar-refractivity contribution is 0.510. The summed E-state index contributed by atoms with van der Waals surface area (Å²) in [6.45, 7) is 4.17. The van der Waals surface area contributed by atoms with Crippen LogP contribution in [0, 0.1) is 0 Å². The molecule has 1 N–H and O–H groups in total. The third kappa shape index (κ3) is 2.65. The van der Waals surface area contributed by atoms with Gasteiger partial charge in [-0.25, -0.2) is 0 Å². The minimum absolute atomic E-state index is 0.715. The van der Waals surface area contributed by atoms with E-state index < -0.39 is 0 Å². The Bertz CT molecular complexity index is 567. The normalized spacial score (nSPS) is 16.5. The summed E-state index contributed by atoms with van der Waals surface area (Å²) >= 11 is 6.08. The maximum atomic E-state index is 6.08. The van der Waals surface area contributed by atoms with Gasteiger partial charge in [0.25, 0.3) is 0 Å². The molecule has 0 saturated heterocycles. The second kappa shape index (κ2) is 5.56. The van der Waals surface area contributed by atoms with Crippen molar-refractivity contribution in [2.24, 2.45) is 0 Å². The van der Waals surface area contributed by atoms with E-state index in [4.69, 9.17) is 11.6 Å². The van der Waals surface area contributed by atoms with Gasteiger partial charge >= 0.3 is 0 Å². The predicted molar refractivity (Wildman–Crippen MR) is 81.7 cm³/mol. The van der Waals surface area contributed by atoms with Gasteiger partial charge in [-0.15, -0.1) is 0 Å². The van der Waals surface area contributed by atoms with Crippen LogP contribution in [-0.2, 0) is 13.1 Å². The molecule has 0 radical (unpaired) electrons. The Morgan fingerprint density at radius 2 is 2.05 bits per heavy atom. The fraction of sp³-hybridized carbons (Fsp3) is 0.500. The smallest absolute Gasteiger partial charge is 0.0483 e.